The Morgan fingerprint density at radius 3 is 2.81 bits per heavy atom. The van der Waals surface area contributed by atoms with Crippen LogP contribution < -0.4 is 10.5 Å². The van der Waals surface area contributed by atoms with Crippen molar-refractivity contribution in [3.05, 3.63) is 39.7 Å². The molecule has 21 heavy (non-hydrogen) atoms. The number of nitrogens with two attached hydrogens (primary N) is 1. The molecule has 0 amide bonds. The van der Waals surface area contributed by atoms with E-state index in [1.54, 1.807) is 6.92 Å². The number of ketones is 1. The fourth-order valence-electron chi connectivity index (χ4n) is 2.40. The molecule has 2 N–H and O–H groups in total. The van der Waals surface area contributed by atoms with Gasteiger partial charge in [-0.05, 0) is 30.7 Å². The highest BCUT2D eigenvalue weighted by Gasteiger charge is 2.27. The molecule has 112 valence electrons. The number of ether oxygens (including phenoxy) is 1. The van der Waals surface area contributed by atoms with Gasteiger partial charge in [0.1, 0.15) is 11.9 Å². The molecule has 3 nitrogen and oxygen atoms in total. The minimum absolute atomic E-state index is 0. The van der Waals surface area contributed by atoms with Crippen molar-refractivity contribution < 1.29 is 9.53 Å². The van der Waals surface area contributed by atoms with Gasteiger partial charge < -0.3 is 10.5 Å². The largest absolute Gasteiger partial charge is 0.487 e. The molecule has 0 spiro atoms. The van der Waals surface area contributed by atoms with E-state index in [1.807, 2.05) is 24.3 Å². The first-order valence-corrected chi connectivity index (χ1v) is 7.59. The lowest BCUT2D eigenvalue weighted by Crippen LogP contribution is -2.24. The predicted molar refractivity (Wildman–Crippen MR) is 89.2 cm³/mol. The number of hydrogen-bond acceptors (Lipinski definition) is 4. The summed E-state index contributed by atoms with van der Waals surface area (Å²) in [6.07, 6.45) is 0.741. The second-order valence-electron chi connectivity index (χ2n) is 4.80. The average molecular weight is 344 g/mol. The highest BCUT2D eigenvalue weighted by Crippen LogP contribution is 2.43. The van der Waals surface area contributed by atoms with E-state index in [9.17, 15) is 4.79 Å². The molecular weight excluding hydrogens is 329 g/mol. The number of fused-ring (bicyclic) bond motifs is 1. The average Bonchev–Trinajstić information content (AvgIpc) is 3.05. The van der Waals surface area contributed by atoms with E-state index in [-0.39, 0.29) is 24.3 Å². The van der Waals surface area contributed by atoms with Crippen LogP contribution in [-0.4, -0.2) is 18.4 Å². The maximum atomic E-state index is 11.4. The molecule has 2 heterocycles. The number of rotatable bonds is 3. The quantitative estimate of drug-likeness (QED) is 0.858. The van der Waals surface area contributed by atoms with Gasteiger partial charge in [-0.2, -0.15) is 0 Å². The number of carbonyl (C=O) groups is 1. The summed E-state index contributed by atoms with van der Waals surface area (Å²) in [7, 11) is 0. The summed E-state index contributed by atoms with van der Waals surface area (Å²) in [5.74, 6) is 0.820. The van der Waals surface area contributed by atoms with Gasteiger partial charge in [0.2, 0.25) is 0 Å². The van der Waals surface area contributed by atoms with Gasteiger partial charge in [0.15, 0.2) is 5.78 Å². The third-order valence-corrected chi connectivity index (χ3v) is 4.93. The number of thiophene rings is 1. The van der Waals surface area contributed by atoms with Crippen LogP contribution in [0.15, 0.2) is 24.3 Å². The molecule has 0 aliphatic carbocycles. The third kappa shape index (κ3) is 2.94. The van der Waals surface area contributed by atoms with Gasteiger partial charge in [-0.1, -0.05) is 17.7 Å². The molecule has 2 aromatic rings. The van der Waals surface area contributed by atoms with E-state index in [0.717, 1.165) is 33.1 Å². The number of benzene rings is 1. The van der Waals surface area contributed by atoms with Crippen LogP contribution in [0.4, 0.5) is 0 Å². The second kappa shape index (κ2) is 6.36. The van der Waals surface area contributed by atoms with Crippen molar-refractivity contribution in [3.8, 4) is 16.2 Å². The minimum atomic E-state index is -0.0177. The molecule has 3 rings (SSSR count). The number of halogens is 2. The highest BCUT2D eigenvalue weighted by atomic mass is 35.5. The normalized spacial score (nSPS) is 16.0. The van der Waals surface area contributed by atoms with Crippen molar-refractivity contribution in [2.75, 3.05) is 6.54 Å². The van der Waals surface area contributed by atoms with Gasteiger partial charge in [0.05, 0.1) is 9.90 Å². The maximum absolute atomic E-state index is 11.4. The molecule has 1 aliphatic heterocycles. The summed E-state index contributed by atoms with van der Waals surface area (Å²) in [6, 6.07) is 7.65. The van der Waals surface area contributed by atoms with Crippen molar-refractivity contribution in [1.29, 1.82) is 0 Å². The Balaban J connectivity index is 0.00000161. The van der Waals surface area contributed by atoms with Crippen LogP contribution in [-0.2, 0) is 6.42 Å². The lowest BCUT2D eigenvalue weighted by molar-refractivity contribution is 0.102. The van der Waals surface area contributed by atoms with E-state index >= 15 is 0 Å². The number of carbonyl (C=O) groups excluding carboxylic acids is 1. The van der Waals surface area contributed by atoms with Crippen LogP contribution in [0.2, 0.25) is 5.02 Å². The zero-order valence-corrected chi connectivity index (χ0v) is 13.8. The Morgan fingerprint density at radius 2 is 2.19 bits per heavy atom. The monoisotopic (exact) mass is 343 g/mol. The minimum Gasteiger partial charge on any atom is -0.487 e. The van der Waals surface area contributed by atoms with Crippen LogP contribution in [0.3, 0.4) is 0 Å². The Labute approximate surface area is 138 Å². The molecule has 1 aromatic heterocycles. The zero-order valence-electron chi connectivity index (χ0n) is 11.4. The van der Waals surface area contributed by atoms with Crippen molar-refractivity contribution >= 4 is 41.1 Å². The van der Waals surface area contributed by atoms with Crippen LogP contribution in [0.1, 0.15) is 22.2 Å². The molecule has 0 fully saturated rings. The summed E-state index contributed by atoms with van der Waals surface area (Å²) in [4.78, 5) is 13.2. The molecule has 6 heteroatoms. The molecule has 1 unspecified atom stereocenters. The van der Waals surface area contributed by atoms with Gasteiger partial charge in [0.25, 0.3) is 0 Å². The summed E-state index contributed by atoms with van der Waals surface area (Å²) < 4.78 is 5.78. The molecule has 0 radical (unpaired) electrons. The first kappa shape index (κ1) is 16.3. The first-order valence-electron chi connectivity index (χ1n) is 6.39. The smallest absolute Gasteiger partial charge is 0.169 e. The summed E-state index contributed by atoms with van der Waals surface area (Å²) in [5, 5.41) is 0.614. The first-order chi connectivity index (χ1) is 9.60. The van der Waals surface area contributed by atoms with Crippen LogP contribution in [0.5, 0.6) is 5.75 Å². The highest BCUT2D eigenvalue weighted by molar-refractivity contribution is 7.17. The Bertz CT molecular complexity index is 684. The van der Waals surface area contributed by atoms with E-state index in [2.05, 4.69) is 0 Å². The summed E-state index contributed by atoms with van der Waals surface area (Å²) >= 11 is 7.69. The van der Waals surface area contributed by atoms with Gasteiger partial charge in [0, 0.05) is 23.4 Å². The molecule has 0 bridgehead atoms. The van der Waals surface area contributed by atoms with Gasteiger partial charge in [-0.25, -0.2) is 0 Å². The standard InChI is InChI=1S/C15H14ClNO2S.ClH/c1-8(18)13-4-5-14(20-13)10-2-3-12(16)15-11(10)6-9(7-17)19-15;/h2-5,9H,6-7,17H2,1H3;1H. The molecule has 1 atom stereocenters. The fraction of sp³-hybridized carbons (Fsp3) is 0.267. The van der Waals surface area contributed by atoms with Gasteiger partial charge in [-0.3, -0.25) is 4.79 Å². The maximum Gasteiger partial charge on any atom is 0.169 e. The Hall–Kier alpha value is -1.07. The van der Waals surface area contributed by atoms with E-state index in [0.29, 0.717) is 11.6 Å². The van der Waals surface area contributed by atoms with Crippen molar-refractivity contribution in [2.24, 2.45) is 5.73 Å². The summed E-state index contributed by atoms with van der Waals surface area (Å²) in [6.45, 7) is 2.04. The summed E-state index contributed by atoms with van der Waals surface area (Å²) in [5.41, 5.74) is 7.85. The lowest BCUT2D eigenvalue weighted by Gasteiger charge is -2.07. The predicted octanol–water partition coefficient (Wildman–Crippen LogP) is 3.96. The molecule has 1 aliphatic rings. The SMILES string of the molecule is CC(=O)c1ccc(-c2ccc(Cl)c3c2CC(CN)O3)s1.Cl. The number of hydrogen-bond donors (Lipinski definition) is 1. The third-order valence-electron chi connectivity index (χ3n) is 3.41. The van der Waals surface area contributed by atoms with E-state index in [1.165, 1.54) is 11.3 Å². The van der Waals surface area contributed by atoms with Crippen molar-refractivity contribution in [3.63, 3.8) is 0 Å². The van der Waals surface area contributed by atoms with E-state index in [4.69, 9.17) is 22.1 Å². The second-order valence-corrected chi connectivity index (χ2v) is 6.29. The topological polar surface area (TPSA) is 52.3 Å². The molecule has 0 saturated carbocycles. The van der Waals surface area contributed by atoms with Crippen LogP contribution >= 0.6 is 35.3 Å². The zero-order chi connectivity index (χ0) is 14.3. The van der Waals surface area contributed by atoms with Crippen LogP contribution in [0, 0.1) is 0 Å². The van der Waals surface area contributed by atoms with Gasteiger partial charge in [-0.15, -0.1) is 23.7 Å². The van der Waals surface area contributed by atoms with E-state index < -0.39 is 0 Å². The number of Topliss-reactive ketones (excluding diaryl/α,β-unsaturated/α-hetero) is 1. The molecular formula is C15H15Cl2NO2S. The van der Waals surface area contributed by atoms with Gasteiger partial charge >= 0.3 is 0 Å². The fourth-order valence-corrected chi connectivity index (χ4v) is 3.58. The molecule has 1 aromatic carbocycles. The lowest BCUT2D eigenvalue weighted by atomic mass is 10.0. The Kier molecular flexibility index (Phi) is 4.94. The van der Waals surface area contributed by atoms with Crippen molar-refractivity contribution in [2.45, 2.75) is 19.4 Å². The molecule has 0 saturated heterocycles. The Morgan fingerprint density at radius 1 is 1.43 bits per heavy atom. The van der Waals surface area contributed by atoms with Crippen molar-refractivity contribution in [1.82, 2.24) is 0 Å². The van der Waals surface area contributed by atoms with Crippen LogP contribution in [0.25, 0.3) is 10.4 Å².